The van der Waals surface area contributed by atoms with Gasteiger partial charge in [-0.15, -0.1) is 0 Å². The maximum Gasteiger partial charge on any atom is 0.170 e. The van der Waals surface area contributed by atoms with E-state index >= 15 is 0 Å². The first-order valence-electron chi connectivity index (χ1n) is 6.91. The SMILES string of the molecule is Cc1ccccc1CC(=O)c1ccccc1OC(C)C. The van der Waals surface area contributed by atoms with Gasteiger partial charge in [0.15, 0.2) is 5.78 Å². The number of benzene rings is 2. The van der Waals surface area contributed by atoms with Crippen LogP contribution in [-0.4, -0.2) is 11.9 Å². The van der Waals surface area contributed by atoms with Gasteiger partial charge in [0.05, 0.1) is 11.7 Å². The van der Waals surface area contributed by atoms with Crippen molar-refractivity contribution in [3.63, 3.8) is 0 Å². The molecule has 0 fully saturated rings. The van der Waals surface area contributed by atoms with Crippen LogP contribution in [0.15, 0.2) is 48.5 Å². The Morgan fingerprint density at radius 1 is 1.05 bits per heavy atom. The molecule has 20 heavy (non-hydrogen) atoms. The highest BCUT2D eigenvalue weighted by molar-refractivity contribution is 6.00. The molecule has 0 aliphatic carbocycles. The average molecular weight is 268 g/mol. The third-order valence-corrected chi connectivity index (χ3v) is 3.16. The number of para-hydroxylation sites is 1. The van der Waals surface area contributed by atoms with E-state index in [0.29, 0.717) is 17.7 Å². The first kappa shape index (κ1) is 14.3. The fraction of sp³-hybridized carbons (Fsp3) is 0.278. The van der Waals surface area contributed by atoms with Gasteiger partial charge in [0.1, 0.15) is 5.75 Å². The van der Waals surface area contributed by atoms with E-state index in [2.05, 4.69) is 0 Å². The molecule has 2 aromatic carbocycles. The molecule has 0 spiro atoms. The number of carbonyl (C=O) groups excluding carboxylic acids is 1. The molecule has 104 valence electrons. The first-order valence-corrected chi connectivity index (χ1v) is 6.91. The smallest absolute Gasteiger partial charge is 0.170 e. The van der Waals surface area contributed by atoms with Gasteiger partial charge < -0.3 is 4.74 Å². The molecule has 0 aliphatic heterocycles. The van der Waals surface area contributed by atoms with Crippen molar-refractivity contribution >= 4 is 5.78 Å². The first-order chi connectivity index (χ1) is 9.58. The Bertz CT molecular complexity index is 600. The van der Waals surface area contributed by atoms with E-state index in [1.165, 1.54) is 0 Å². The number of ketones is 1. The van der Waals surface area contributed by atoms with Gasteiger partial charge >= 0.3 is 0 Å². The lowest BCUT2D eigenvalue weighted by molar-refractivity contribution is 0.0987. The van der Waals surface area contributed by atoms with Gasteiger partial charge in [0.2, 0.25) is 0 Å². The van der Waals surface area contributed by atoms with Gasteiger partial charge in [-0.05, 0) is 44.0 Å². The van der Waals surface area contributed by atoms with Crippen LogP contribution < -0.4 is 4.74 Å². The number of carbonyl (C=O) groups is 1. The molecule has 2 heteroatoms. The maximum absolute atomic E-state index is 12.5. The van der Waals surface area contributed by atoms with Crippen LogP contribution in [0, 0.1) is 6.92 Å². The Balaban J connectivity index is 2.23. The average Bonchev–Trinajstić information content (AvgIpc) is 2.41. The molecule has 0 heterocycles. The van der Waals surface area contributed by atoms with Crippen LogP contribution in [0.2, 0.25) is 0 Å². The molecular formula is C18H20O2. The van der Waals surface area contributed by atoms with Crippen molar-refractivity contribution < 1.29 is 9.53 Å². The summed E-state index contributed by atoms with van der Waals surface area (Å²) in [6.07, 6.45) is 0.466. The highest BCUT2D eigenvalue weighted by Gasteiger charge is 2.14. The minimum absolute atomic E-state index is 0.0578. The molecule has 0 unspecified atom stereocenters. The lowest BCUT2D eigenvalue weighted by atomic mass is 9.99. The second-order valence-electron chi connectivity index (χ2n) is 5.19. The Labute approximate surface area is 120 Å². The van der Waals surface area contributed by atoms with E-state index in [0.717, 1.165) is 11.1 Å². The number of hydrogen-bond donors (Lipinski definition) is 0. The predicted octanol–water partition coefficient (Wildman–Crippen LogP) is 4.21. The summed E-state index contributed by atoms with van der Waals surface area (Å²) in [6, 6.07) is 15.4. The Morgan fingerprint density at radius 3 is 2.40 bits per heavy atom. The monoisotopic (exact) mass is 268 g/mol. The molecular weight excluding hydrogens is 248 g/mol. The number of hydrogen-bond acceptors (Lipinski definition) is 2. The van der Waals surface area contributed by atoms with Gasteiger partial charge in [-0.25, -0.2) is 0 Å². The molecule has 0 saturated carbocycles. The fourth-order valence-electron chi connectivity index (χ4n) is 2.13. The van der Waals surface area contributed by atoms with Crippen molar-refractivity contribution in [2.45, 2.75) is 33.3 Å². The molecule has 0 radical (unpaired) electrons. The van der Waals surface area contributed by atoms with E-state index in [1.807, 2.05) is 69.3 Å². The normalized spacial score (nSPS) is 10.6. The highest BCUT2D eigenvalue weighted by atomic mass is 16.5. The van der Waals surface area contributed by atoms with E-state index in [9.17, 15) is 4.79 Å². The molecule has 2 aromatic rings. The summed E-state index contributed by atoms with van der Waals surface area (Å²) < 4.78 is 5.71. The van der Waals surface area contributed by atoms with Crippen molar-refractivity contribution in [3.05, 3.63) is 65.2 Å². The lowest BCUT2D eigenvalue weighted by Crippen LogP contribution is -2.11. The van der Waals surface area contributed by atoms with Crippen LogP contribution >= 0.6 is 0 Å². The summed E-state index contributed by atoms with van der Waals surface area (Å²) in [6.45, 7) is 5.95. The zero-order valence-corrected chi connectivity index (χ0v) is 12.2. The van der Waals surface area contributed by atoms with Gasteiger partial charge in [-0.2, -0.15) is 0 Å². The molecule has 2 rings (SSSR count). The third-order valence-electron chi connectivity index (χ3n) is 3.16. The summed E-state index contributed by atoms with van der Waals surface area (Å²) in [5.74, 6) is 0.761. The summed E-state index contributed by atoms with van der Waals surface area (Å²) in [4.78, 5) is 12.5. The number of rotatable bonds is 5. The molecule has 2 nitrogen and oxygen atoms in total. The van der Waals surface area contributed by atoms with E-state index < -0.39 is 0 Å². The van der Waals surface area contributed by atoms with Crippen molar-refractivity contribution in [1.29, 1.82) is 0 Å². The van der Waals surface area contributed by atoms with Crippen LogP contribution in [0.5, 0.6) is 5.75 Å². The minimum atomic E-state index is 0.0578. The Morgan fingerprint density at radius 2 is 1.70 bits per heavy atom. The fourth-order valence-corrected chi connectivity index (χ4v) is 2.13. The molecule has 0 aliphatic rings. The predicted molar refractivity (Wildman–Crippen MR) is 81.4 cm³/mol. The second kappa shape index (κ2) is 6.38. The second-order valence-corrected chi connectivity index (χ2v) is 5.19. The Kier molecular flexibility index (Phi) is 4.57. The molecule has 0 amide bonds. The molecule has 0 bridgehead atoms. The topological polar surface area (TPSA) is 26.3 Å². The molecule has 0 atom stereocenters. The van der Waals surface area contributed by atoms with Crippen LogP contribution in [0.4, 0.5) is 0 Å². The zero-order chi connectivity index (χ0) is 14.5. The standard InChI is InChI=1S/C18H20O2/c1-13(2)20-18-11-7-6-10-16(18)17(19)12-15-9-5-4-8-14(15)3/h4-11,13H,12H2,1-3H3. The molecule has 0 N–H and O–H groups in total. The third kappa shape index (κ3) is 3.47. The van der Waals surface area contributed by atoms with Gasteiger partial charge in [0.25, 0.3) is 0 Å². The summed E-state index contributed by atoms with van der Waals surface area (Å²) in [7, 11) is 0. The van der Waals surface area contributed by atoms with E-state index in [4.69, 9.17) is 4.74 Å². The van der Waals surface area contributed by atoms with Gasteiger partial charge in [0, 0.05) is 6.42 Å². The van der Waals surface area contributed by atoms with Crippen molar-refractivity contribution in [2.24, 2.45) is 0 Å². The highest BCUT2D eigenvalue weighted by Crippen LogP contribution is 2.22. The number of Topliss-reactive ketones (excluding diaryl/α,β-unsaturated/α-hetero) is 1. The van der Waals surface area contributed by atoms with Crippen molar-refractivity contribution in [3.8, 4) is 5.75 Å². The summed E-state index contributed by atoms with van der Waals surface area (Å²) in [5, 5.41) is 0. The van der Waals surface area contributed by atoms with Crippen LogP contribution in [0.3, 0.4) is 0 Å². The molecule has 0 aromatic heterocycles. The van der Waals surface area contributed by atoms with Crippen molar-refractivity contribution in [1.82, 2.24) is 0 Å². The van der Waals surface area contributed by atoms with Crippen LogP contribution in [0.1, 0.15) is 35.3 Å². The van der Waals surface area contributed by atoms with E-state index in [1.54, 1.807) is 0 Å². The zero-order valence-electron chi connectivity index (χ0n) is 12.2. The van der Waals surface area contributed by atoms with Gasteiger partial charge in [-0.1, -0.05) is 36.4 Å². The molecule has 0 saturated heterocycles. The lowest BCUT2D eigenvalue weighted by Gasteiger charge is -2.13. The summed E-state index contributed by atoms with van der Waals surface area (Å²) >= 11 is 0. The quantitative estimate of drug-likeness (QED) is 0.759. The number of ether oxygens (including phenoxy) is 1. The summed E-state index contributed by atoms with van der Waals surface area (Å²) in [5.41, 5.74) is 2.87. The maximum atomic E-state index is 12.5. The van der Waals surface area contributed by atoms with Crippen LogP contribution in [0.25, 0.3) is 0 Å². The largest absolute Gasteiger partial charge is 0.490 e. The Hall–Kier alpha value is -2.09. The number of aryl methyl sites for hydroxylation is 1. The van der Waals surface area contributed by atoms with E-state index in [-0.39, 0.29) is 11.9 Å². The minimum Gasteiger partial charge on any atom is -0.490 e. The van der Waals surface area contributed by atoms with Crippen molar-refractivity contribution in [2.75, 3.05) is 0 Å². The van der Waals surface area contributed by atoms with Gasteiger partial charge in [-0.3, -0.25) is 4.79 Å². The van der Waals surface area contributed by atoms with Crippen LogP contribution in [-0.2, 0) is 6.42 Å².